The second-order valence-electron chi connectivity index (χ2n) is 7.28. The third kappa shape index (κ3) is 3.46. The largest absolute Gasteiger partial charge is 0.342 e. The highest BCUT2D eigenvalue weighted by atomic mass is 19.1. The number of benzene rings is 1. The molecule has 0 radical (unpaired) electrons. The van der Waals surface area contributed by atoms with Crippen molar-refractivity contribution in [1.29, 1.82) is 0 Å². The van der Waals surface area contributed by atoms with Gasteiger partial charge in [0.05, 0.1) is 6.42 Å². The first-order valence-electron chi connectivity index (χ1n) is 9.14. The Bertz CT molecular complexity index is 825. The predicted molar refractivity (Wildman–Crippen MR) is 96.1 cm³/mol. The molecule has 0 aliphatic carbocycles. The predicted octanol–water partition coefficient (Wildman–Crippen LogP) is 2.16. The number of aromatic nitrogens is 2. The van der Waals surface area contributed by atoms with Crippen molar-refractivity contribution in [2.75, 3.05) is 26.7 Å². The topological polar surface area (TPSA) is 49.3 Å². The third-order valence-corrected chi connectivity index (χ3v) is 5.35. The lowest BCUT2D eigenvalue weighted by Gasteiger charge is -2.24. The minimum Gasteiger partial charge on any atom is -0.342 e. The van der Waals surface area contributed by atoms with E-state index in [-0.39, 0.29) is 24.1 Å². The second kappa shape index (κ2) is 7.11. The van der Waals surface area contributed by atoms with Crippen LogP contribution in [0.15, 0.2) is 30.5 Å². The Morgan fingerprint density at radius 1 is 1.31 bits per heavy atom. The maximum absolute atomic E-state index is 13.8. The van der Waals surface area contributed by atoms with Gasteiger partial charge in [-0.05, 0) is 25.1 Å². The number of halogens is 1. The highest BCUT2D eigenvalue weighted by Gasteiger charge is 2.30. The highest BCUT2D eigenvalue weighted by molar-refractivity contribution is 5.79. The van der Waals surface area contributed by atoms with Crippen LogP contribution in [0, 0.1) is 5.82 Å². The molecule has 1 atom stereocenters. The molecule has 1 saturated heterocycles. The van der Waals surface area contributed by atoms with E-state index < -0.39 is 0 Å². The summed E-state index contributed by atoms with van der Waals surface area (Å²) in [5.74, 6) is 0.663. The third-order valence-electron chi connectivity index (χ3n) is 5.35. The number of carbonyl (C=O) groups excluding carboxylic acids is 1. The van der Waals surface area contributed by atoms with Gasteiger partial charge in [-0.25, -0.2) is 14.4 Å². The van der Waals surface area contributed by atoms with E-state index in [0.717, 1.165) is 37.4 Å². The van der Waals surface area contributed by atoms with Crippen LogP contribution in [0.2, 0.25) is 0 Å². The van der Waals surface area contributed by atoms with Gasteiger partial charge in [0.1, 0.15) is 11.6 Å². The molecule has 2 aliphatic rings. The molecule has 0 bridgehead atoms. The zero-order valence-corrected chi connectivity index (χ0v) is 15.0. The van der Waals surface area contributed by atoms with Crippen LogP contribution >= 0.6 is 0 Å². The molecule has 0 unspecified atom stereocenters. The number of likely N-dealkylation sites (N-methyl/N-ethyl adjacent to an activating group) is 1. The number of hydrogen-bond acceptors (Lipinski definition) is 4. The molecule has 2 aliphatic heterocycles. The van der Waals surface area contributed by atoms with E-state index in [1.165, 1.54) is 11.6 Å². The zero-order valence-electron chi connectivity index (χ0n) is 15.0. The van der Waals surface area contributed by atoms with Gasteiger partial charge in [0.25, 0.3) is 0 Å². The summed E-state index contributed by atoms with van der Waals surface area (Å²) in [7, 11) is 2.10. The van der Waals surface area contributed by atoms with Gasteiger partial charge in [-0.3, -0.25) is 4.79 Å². The molecule has 1 aromatic heterocycles. The van der Waals surface area contributed by atoms with Gasteiger partial charge >= 0.3 is 0 Å². The Balaban J connectivity index is 1.42. The van der Waals surface area contributed by atoms with Gasteiger partial charge in [0.2, 0.25) is 5.91 Å². The molecule has 1 aromatic carbocycles. The maximum atomic E-state index is 13.8. The molecule has 4 rings (SSSR count). The first kappa shape index (κ1) is 17.1. The standard InChI is InChI=1S/C20H23FN4O/c1-24-8-7-18-16(12-24)11-22-20(23-18)15-6-9-25(13-15)19(26)10-14-4-2-3-5-17(14)21/h2-5,11,15H,6-10,12-13H2,1H3/t15-/m1/s1. The van der Waals surface area contributed by atoms with Crippen molar-refractivity contribution in [3.63, 3.8) is 0 Å². The van der Waals surface area contributed by atoms with E-state index in [0.29, 0.717) is 18.7 Å². The first-order chi connectivity index (χ1) is 12.6. The molecular weight excluding hydrogens is 331 g/mol. The number of amides is 1. The number of fused-ring (bicyclic) bond motifs is 1. The van der Waals surface area contributed by atoms with Gasteiger partial charge in [0.15, 0.2) is 0 Å². The molecule has 26 heavy (non-hydrogen) atoms. The summed E-state index contributed by atoms with van der Waals surface area (Å²) in [6, 6.07) is 6.47. The Morgan fingerprint density at radius 3 is 3.00 bits per heavy atom. The van der Waals surface area contributed by atoms with Crippen molar-refractivity contribution in [1.82, 2.24) is 19.8 Å². The van der Waals surface area contributed by atoms with E-state index >= 15 is 0 Å². The second-order valence-corrected chi connectivity index (χ2v) is 7.28. The van der Waals surface area contributed by atoms with E-state index in [9.17, 15) is 9.18 Å². The molecule has 0 spiro atoms. The number of hydrogen-bond donors (Lipinski definition) is 0. The number of nitrogens with zero attached hydrogens (tertiary/aromatic N) is 4. The zero-order chi connectivity index (χ0) is 18.1. The van der Waals surface area contributed by atoms with Crippen LogP contribution < -0.4 is 0 Å². The van der Waals surface area contributed by atoms with Crippen LogP contribution in [0.4, 0.5) is 4.39 Å². The molecule has 5 nitrogen and oxygen atoms in total. The minimum absolute atomic E-state index is 0.0304. The Hall–Kier alpha value is -2.34. The van der Waals surface area contributed by atoms with Crippen LogP contribution in [-0.2, 0) is 24.2 Å². The summed E-state index contributed by atoms with van der Waals surface area (Å²) < 4.78 is 13.8. The Morgan fingerprint density at radius 2 is 2.15 bits per heavy atom. The van der Waals surface area contributed by atoms with Gasteiger partial charge in [-0.15, -0.1) is 0 Å². The average Bonchev–Trinajstić information content (AvgIpc) is 3.13. The van der Waals surface area contributed by atoms with E-state index in [1.807, 2.05) is 11.1 Å². The van der Waals surface area contributed by atoms with Crippen molar-refractivity contribution in [3.05, 3.63) is 58.9 Å². The summed E-state index contributed by atoms with van der Waals surface area (Å²) in [6.45, 7) is 3.21. The molecule has 1 amide bonds. The number of rotatable bonds is 3. The monoisotopic (exact) mass is 354 g/mol. The SMILES string of the molecule is CN1CCc2nc([C@@H]3CCN(C(=O)Cc4ccccc4F)C3)ncc2C1. The van der Waals surface area contributed by atoms with Crippen molar-refractivity contribution in [3.8, 4) is 0 Å². The fourth-order valence-corrected chi connectivity index (χ4v) is 3.78. The van der Waals surface area contributed by atoms with Crippen LogP contribution in [0.1, 0.15) is 35.0 Å². The lowest BCUT2D eigenvalue weighted by Crippen LogP contribution is -2.30. The summed E-state index contributed by atoms with van der Waals surface area (Å²) in [5, 5.41) is 0. The molecule has 3 heterocycles. The van der Waals surface area contributed by atoms with E-state index in [1.54, 1.807) is 18.2 Å². The maximum Gasteiger partial charge on any atom is 0.227 e. The van der Waals surface area contributed by atoms with E-state index in [4.69, 9.17) is 4.98 Å². The number of carbonyl (C=O) groups is 1. The van der Waals surface area contributed by atoms with Crippen molar-refractivity contribution >= 4 is 5.91 Å². The van der Waals surface area contributed by atoms with Crippen LogP contribution in [0.5, 0.6) is 0 Å². The Labute approximate surface area is 152 Å². The first-order valence-corrected chi connectivity index (χ1v) is 9.14. The van der Waals surface area contributed by atoms with Crippen molar-refractivity contribution in [2.45, 2.75) is 31.7 Å². The van der Waals surface area contributed by atoms with Crippen LogP contribution in [0.3, 0.4) is 0 Å². The summed E-state index contributed by atoms with van der Waals surface area (Å²) >= 11 is 0. The summed E-state index contributed by atoms with van der Waals surface area (Å²) in [5.41, 5.74) is 2.80. The smallest absolute Gasteiger partial charge is 0.227 e. The van der Waals surface area contributed by atoms with Crippen molar-refractivity contribution in [2.24, 2.45) is 0 Å². The van der Waals surface area contributed by atoms with Gasteiger partial charge < -0.3 is 9.80 Å². The van der Waals surface area contributed by atoms with Gasteiger partial charge in [0, 0.05) is 56.0 Å². The molecule has 0 N–H and O–H groups in total. The summed E-state index contributed by atoms with van der Waals surface area (Å²) in [6.07, 6.45) is 3.86. The molecule has 1 fully saturated rings. The molecule has 6 heteroatoms. The highest BCUT2D eigenvalue weighted by Crippen LogP contribution is 2.27. The molecular formula is C20H23FN4O. The van der Waals surface area contributed by atoms with Gasteiger partial charge in [-0.1, -0.05) is 18.2 Å². The van der Waals surface area contributed by atoms with Crippen LogP contribution in [-0.4, -0.2) is 52.4 Å². The minimum atomic E-state index is -0.320. The lowest BCUT2D eigenvalue weighted by atomic mass is 10.1. The van der Waals surface area contributed by atoms with Gasteiger partial charge in [-0.2, -0.15) is 0 Å². The Kier molecular flexibility index (Phi) is 4.68. The quantitative estimate of drug-likeness (QED) is 0.848. The summed E-state index contributed by atoms with van der Waals surface area (Å²) in [4.78, 5) is 26.0. The number of likely N-dealkylation sites (tertiary alicyclic amines) is 1. The fraction of sp³-hybridized carbons (Fsp3) is 0.450. The van der Waals surface area contributed by atoms with Crippen molar-refractivity contribution < 1.29 is 9.18 Å². The molecule has 0 saturated carbocycles. The van der Waals surface area contributed by atoms with Crippen LogP contribution in [0.25, 0.3) is 0 Å². The fourth-order valence-electron chi connectivity index (χ4n) is 3.78. The normalized spacial score (nSPS) is 20.2. The molecule has 136 valence electrons. The molecule has 2 aromatic rings. The average molecular weight is 354 g/mol. The van der Waals surface area contributed by atoms with E-state index in [2.05, 4.69) is 16.9 Å². The lowest BCUT2D eigenvalue weighted by molar-refractivity contribution is -0.129.